The number of aryl methyl sites for hydroxylation is 2. The molecule has 0 bridgehead atoms. The number of carbonyl (C=O) groups is 1. The van der Waals surface area contributed by atoms with Crippen LogP contribution in [0.3, 0.4) is 0 Å². The van der Waals surface area contributed by atoms with Gasteiger partial charge in [-0.25, -0.2) is 4.98 Å². The van der Waals surface area contributed by atoms with E-state index < -0.39 is 0 Å². The summed E-state index contributed by atoms with van der Waals surface area (Å²) < 4.78 is 1.69. The highest BCUT2D eigenvalue weighted by Crippen LogP contribution is 2.44. The van der Waals surface area contributed by atoms with E-state index in [-0.39, 0.29) is 5.91 Å². The van der Waals surface area contributed by atoms with Gasteiger partial charge in [0.05, 0.1) is 5.69 Å². The van der Waals surface area contributed by atoms with Crippen LogP contribution in [0.15, 0.2) is 35.2 Å². The van der Waals surface area contributed by atoms with Crippen molar-refractivity contribution in [1.29, 1.82) is 0 Å². The molecular formula is C16H14N4OS2. The number of nitrogens with one attached hydrogen (secondary N) is 1. The third-order valence-electron chi connectivity index (χ3n) is 3.77. The van der Waals surface area contributed by atoms with Crippen molar-refractivity contribution >= 4 is 34.1 Å². The summed E-state index contributed by atoms with van der Waals surface area (Å²) in [6.07, 6.45) is 0. The lowest BCUT2D eigenvalue weighted by molar-refractivity contribution is 0.102. The maximum absolute atomic E-state index is 12.3. The molecule has 0 aliphatic carbocycles. The summed E-state index contributed by atoms with van der Waals surface area (Å²) in [4.78, 5) is 19.4. The van der Waals surface area contributed by atoms with Gasteiger partial charge in [0.2, 0.25) is 0 Å². The molecule has 0 radical (unpaired) electrons. The van der Waals surface area contributed by atoms with Crippen LogP contribution in [0, 0.1) is 6.92 Å². The van der Waals surface area contributed by atoms with E-state index in [0.717, 1.165) is 22.7 Å². The maximum atomic E-state index is 12.3. The molecule has 116 valence electrons. The van der Waals surface area contributed by atoms with E-state index >= 15 is 0 Å². The number of anilines is 1. The molecule has 7 heteroatoms. The van der Waals surface area contributed by atoms with Crippen LogP contribution < -0.4 is 5.32 Å². The fourth-order valence-electron chi connectivity index (χ4n) is 2.48. The average Bonchev–Trinajstić information content (AvgIpc) is 3.11. The number of fused-ring (bicyclic) bond motifs is 3. The summed E-state index contributed by atoms with van der Waals surface area (Å²) in [6, 6.07) is 10.0. The molecule has 2 aromatic heterocycles. The van der Waals surface area contributed by atoms with Gasteiger partial charge in [0.25, 0.3) is 5.91 Å². The second kappa shape index (κ2) is 5.50. The van der Waals surface area contributed by atoms with E-state index in [1.807, 2.05) is 37.9 Å². The molecule has 23 heavy (non-hydrogen) atoms. The molecule has 0 atom stereocenters. The summed E-state index contributed by atoms with van der Waals surface area (Å²) >= 11 is 3.34. The van der Waals surface area contributed by atoms with Crippen LogP contribution in [0.5, 0.6) is 0 Å². The molecule has 5 nitrogen and oxygen atoms in total. The molecule has 1 N–H and O–H groups in total. The van der Waals surface area contributed by atoms with Gasteiger partial charge in [0.1, 0.15) is 0 Å². The Kier molecular flexibility index (Phi) is 3.46. The summed E-state index contributed by atoms with van der Waals surface area (Å²) in [7, 11) is 1.82. The van der Waals surface area contributed by atoms with E-state index in [4.69, 9.17) is 0 Å². The highest BCUT2D eigenvalue weighted by Gasteiger charge is 2.22. The number of thioether (sulfide) groups is 1. The number of amides is 1. The summed E-state index contributed by atoms with van der Waals surface area (Å²) in [6.45, 7) is 1.92. The Morgan fingerprint density at radius 3 is 2.96 bits per heavy atom. The second-order valence-electron chi connectivity index (χ2n) is 5.32. The van der Waals surface area contributed by atoms with Gasteiger partial charge in [-0.05, 0) is 19.1 Å². The minimum absolute atomic E-state index is 0.222. The van der Waals surface area contributed by atoms with Crippen LogP contribution in [0.2, 0.25) is 0 Å². The summed E-state index contributed by atoms with van der Waals surface area (Å²) in [5, 5.41) is 7.70. The van der Waals surface area contributed by atoms with Crippen molar-refractivity contribution in [3.8, 4) is 11.3 Å². The SMILES string of the molecule is Cc1cc(C(=O)Nc2nc3c(s2)CSc2ccccc2-3)nn1C. The Morgan fingerprint density at radius 1 is 1.35 bits per heavy atom. The summed E-state index contributed by atoms with van der Waals surface area (Å²) in [5.41, 5.74) is 3.48. The zero-order chi connectivity index (χ0) is 16.0. The predicted octanol–water partition coefficient (Wildman–Crippen LogP) is 3.71. The molecule has 0 saturated heterocycles. The number of nitrogens with zero attached hydrogens (tertiary/aromatic N) is 3. The Morgan fingerprint density at radius 2 is 2.17 bits per heavy atom. The van der Waals surface area contributed by atoms with Crippen molar-refractivity contribution < 1.29 is 4.79 Å². The van der Waals surface area contributed by atoms with Gasteiger partial charge in [0, 0.05) is 33.8 Å². The van der Waals surface area contributed by atoms with Gasteiger partial charge in [0.15, 0.2) is 10.8 Å². The van der Waals surface area contributed by atoms with E-state index in [0.29, 0.717) is 10.8 Å². The molecule has 0 unspecified atom stereocenters. The number of rotatable bonds is 2. The van der Waals surface area contributed by atoms with E-state index in [2.05, 4.69) is 27.5 Å². The Bertz CT molecular complexity index is 893. The minimum atomic E-state index is -0.222. The van der Waals surface area contributed by atoms with E-state index in [9.17, 15) is 4.79 Å². The third-order valence-corrected chi connectivity index (χ3v) is 6.02. The smallest absolute Gasteiger partial charge is 0.277 e. The first-order chi connectivity index (χ1) is 11.1. The topological polar surface area (TPSA) is 59.8 Å². The quantitative estimate of drug-likeness (QED) is 0.771. The highest BCUT2D eigenvalue weighted by molar-refractivity contribution is 7.98. The predicted molar refractivity (Wildman–Crippen MR) is 93.0 cm³/mol. The molecule has 1 aliphatic heterocycles. The highest BCUT2D eigenvalue weighted by atomic mass is 32.2. The zero-order valence-electron chi connectivity index (χ0n) is 12.7. The van der Waals surface area contributed by atoms with Crippen LogP contribution in [0.1, 0.15) is 21.1 Å². The minimum Gasteiger partial charge on any atom is -0.296 e. The first kappa shape index (κ1) is 14.5. The molecule has 1 aromatic carbocycles. The van der Waals surface area contributed by atoms with Crippen LogP contribution in [0.4, 0.5) is 5.13 Å². The van der Waals surface area contributed by atoms with Gasteiger partial charge in [-0.15, -0.1) is 23.1 Å². The van der Waals surface area contributed by atoms with Gasteiger partial charge < -0.3 is 0 Å². The Labute approximate surface area is 141 Å². The summed E-state index contributed by atoms with van der Waals surface area (Å²) in [5.74, 6) is 0.670. The number of hydrogen-bond donors (Lipinski definition) is 1. The standard InChI is InChI=1S/C16H14N4OS2/c1-9-7-11(19-20(9)2)15(21)18-16-17-14-10-5-3-4-6-12(10)22-8-13(14)23-16/h3-7H,8H2,1-2H3,(H,17,18,21). The van der Waals surface area contributed by atoms with Gasteiger partial charge in [-0.3, -0.25) is 14.8 Å². The molecule has 1 amide bonds. The van der Waals surface area contributed by atoms with Crippen LogP contribution in [-0.2, 0) is 12.8 Å². The number of benzene rings is 1. The molecule has 0 fully saturated rings. The first-order valence-corrected chi connectivity index (χ1v) is 8.96. The largest absolute Gasteiger partial charge is 0.296 e. The van der Waals surface area contributed by atoms with Crippen molar-refractivity contribution in [2.45, 2.75) is 17.6 Å². The molecule has 3 heterocycles. The Hall–Kier alpha value is -2.12. The monoisotopic (exact) mass is 342 g/mol. The number of thiazole rings is 1. The lowest BCUT2D eigenvalue weighted by Crippen LogP contribution is -2.12. The molecule has 4 rings (SSSR count). The molecule has 0 saturated carbocycles. The van der Waals surface area contributed by atoms with Crippen molar-refractivity contribution in [1.82, 2.24) is 14.8 Å². The fraction of sp³-hybridized carbons (Fsp3) is 0.188. The van der Waals surface area contributed by atoms with Gasteiger partial charge in [-0.2, -0.15) is 5.10 Å². The average molecular weight is 342 g/mol. The third kappa shape index (κ3) is 2.55. The number of carbonyl (C=O) groups excluding carboxylic acids is 1. The zero-order valence-corrected chi connectivity index (χ0v) is 14.3. The van der Waals surface area contributed by atoms with Gasteiger partial charge in [-0.1, -0.05) is 18.2 Å². The van der Waals surface area contributed by atoms with E-state index in [1.54, 1.807) is 10.7 Å². The van der Waals surface area contributed by atoms with Crippen molar-refractivity contribution in [3.05, 3.63) is 46.6 Å². The maximum Gasteiger partial charge on any atom is 0.277 e. The molecule has 1 aliphatic rings. The van der Waals surface area contributed by atoms with Crippen LogP contribution >= 0.6 is 23.1 Å². The Balaban J connectivity index is 1.63. The lowest BCUT2D eigenvalue weighted by atomic mass is 10.1. The second-order valence-corrected chi connectivity index (χ2v) is 7.43. The molecule has 3 aromatic rings. The fourth-order valence-corrected chi connectivity index (χ4v) is 4.57. The first-order valence-electron chi connectivity index (χ1n) is 7.16. The lowest BCUT2D eigenvalue weighted by Gasteiger charge is -2.13. The van der Waals surface area contributed by atoms with Crippen molar-refractivity contribution in [3.63, 3.8) is 0 Å². The van der Waals surface area contributed by atoms with Gasteiger partial charge >= 0.3 is 0 Å². The molecule has 0 spiro atoms. The number of aromatic nitrogens is 3. The number of hydrogen-bond acceptors (Lipinski definition) is 5. The van der Waals surface area contributed by atoms with E-state index in [1.165, 1.54) is 21.1 Å². The van der Waals surface area contributed by atoms with Crippen LogP contribution in [0.25, 0.3) is 11.3 Å². The normalized spacial score (nSPS) is 12.6. The van der Waals surface area contributed by atoms with Crippen molar-refractivity contribution in [2.24, 2.45) is 7.05 Å². The van der Waals surface area contributed by atoms with Crippen LogP contribution in [-0.4, -0.2) is 20.7 Å². The molecular weight excluding hydrogens is 328 g/mol. The van der Waals surface area contributed by atoms with Crippen molar-refractivity contribution in [2.75, 3.05) is 5.32 Å².